The van der Waals surface area contributed by atoms with Gasteiger partial charge in [-0.3, -0.25) is 0 Å². The fourth-order valence-corrected chi connectivity index (χ4v) is 5.08. The lowest BCUT2D eigenvalue weighted by Gasteiger charge is -2.23. The van der Waals surface area contributed by atoms with E-state index < -0.39 is 10.0 Å². The van der Waals surface area contributed by atoms with Crippen LogP contribution in [0.15, 0.2) is 9.31 Å². The highest BCUT2D eigenvalue weighted by Gasteiger charge is 2.40. The number of aryl methyl sites for hydroxylation is 2. The van der Waals surface area contributed by atoms with Crippen LogP contribution >= 0.6 is 11.6 Å². The maximum absolute atomic E-state index is 13.0. The average molecular weight is 334 g/mol. The molecule has 21 heavy (non-hydrogen) atoms. The molecule has 0 unspecified atom stereocenters. The predicted molar refractivity (Wildman–Crippen MR) is 84.1 cm³/mol. The third-order valence-electron chi connectivity index (χ3n) is 3.91. The van der Waals surface area contributed by atoms with Crippen molar-refractivity contribution in [1.29, 1.82) is 0 Å². The van der Waals surface area contributed by atoms with Gasteiger partial charge in [0.1, 0.15) is 16.4 Å². The summed E-state index contributed by atoms with van der Waals surface area (Å²) in [4.78, 5) is 0.283. The quantitative estimate of drug-likeness (QED) is 0.712. The van der Waals surface area contributed by atoms with E-state index in [4.69, 9.17) is 16.0 Å². The Morgan fingerprint density at radius 2 is 1.90 bits per heavy atom. The average Bonchev–Trinajstić information content (AvgIpc) is 3.14. The number of furan rings is 1. The molecule has 2 rings (SSSR count). The Kier molecular flexibility index (Phi) is 5.06. The van der Waals surface area contributed by atoms with Gasteiger partial charge in [0.2, 0.25) is 10.0 Å². The molecule has 0 bridgehead atoms. The van der Waals surface area contributed by atoms with Gasteiger partial charge in [0.15, 0.2) is 0 Å². The fraction of sp³-hybridized carbons (Fsp3) is 0.733. The van der Waals surface area contributed by atoms with Gasteiger partial charge in [-0.05, 0) is 39.0 Å². The van der Waals surface area contributed by atoms with Crippen LogP contribution in [0.1, 0.15) is 50.2 Å². The van der Waals surface area contributed by atoms with E-state index in [2.05, 4.69) is 13.8 Å². The number of hydrogen-bond acceptors (Lipinski definition) is 3. The highest BCUT2D eigenvalue weighted by atomic mass is 35.5. The molecule has 0 radical (unpaired) electrons. The molecule has 4 nitrogen and oxygen atoms in total. The normalized spacial score (nSPS) is 16.1. The van der Waals surface area contributed by atoms with E-state index in [0.717, 1.165) is 19.3 Å². The first-order valence-corrected chi connectivity index (χ1v) is 9.43. The zero-order chi connectivity index (χ0) is 15.8. The van der Waals surface area contributed by atoms with Crippen LogP contribution in [0.25, 0.3) is 0 Å². The summed E-state index contributed by atoms with van der Waals surface area (Å²) < 4.78 is 33.3. The molecule has 0 aliphatic heterocycles. The molecule has 1 saturated carbocycles. The molecule has 1 aliphatic carbocycles. The molecular weight excluding hydrogens is 310 g/mol. The number of rotatable bonds is 7. The van der Waals surface area contributed by atoms with Crippen LogP contribution in [-0.2, 0) is 15.9 Å². The predicted octanol–water partition coefficient (Wildman–Crippen LogP) is 3.83. The minimum absolute atomic E-state index is 0.145. The van der Waals surface area contributed by atoms with Gasteiger partial charge in [-0.2, -0.15) is 4.31 Å². The number of halogens is 1. The Balaban J connectivity index is 2.39. The second kappa shape index (κ2) is 6.31. The largest absolute Gasteiger partial charge is 0.465 e. The summed E-state index contributed by atoms with van der Waals surface area (Å²) in [5.74, 6) is 1.67. The lowest BCUT2D eigenvalue weighted by Crippen LogP contribution is -2.35. The van der Waals surface area contributed by atoms with Crippen molar-refractivity contribution in [3.05, 3.63) is 17.1 Å². The zero-order valence-electron chi connectivity index (χ0n) is 13.1. The molecule has 6 heteroatoms. The molecule has 1 fully saturated rings. The van der Waals surface area contributed by atoms with Gasteiger partial charge >= 0.3 is 0 Å². The molecule has 1 heterocycles. The molecule has 1 aliphatic rings. The van der Waals surface area contributed by atoms with E-state index in [9.17, 15) is 8.42 Å². The van der Waals surface area contributed by atoms with Gasteiger partial charge in [0.05, 0.1) is 5.88 Å². The molecule has 0 aromatic carbocycles. The Morgan fingerprint density at radius 1 is 1.29 bits per heavy atom. The first-order valence-electron chi connectivity index (χ1n) is 7.45. The summed E-state index contributed by atoms with van der Waals surface area (Å²) in [5.41, 5.74) is 0.601. The third-order valence-corrected chi connectivity index (χ3v) is 6.32. The number of hydrogen-bond donors (Lipinski definition) is 0. The van der Waals surface area contributed by atoms with Crippen LogP contribution in [0.3, 0.4) is 0 Å². The van der Waals surface area contributed by atoms with Gasteiger partial charge in [0.25, 0.3) is 0 Å². The summed E-state index contributed by atoms with van der Waals surface area (Å²) in [6.45, 7) is 8.24. The van der Waals surface area contributed by atoms with Crippen molar-refractivity contribution in [3.8, 4) is 0 Å². The maximum Gasteiger partial charge on any atom is 0.247 e. The van der Waals surface area contributed by atoms with Gasteiger partial charge in [-0.25, -0.2) is 8.42 Å². The monoisotopic (exact) mass is 333 g/mol. The molecule has 120 valence electrons. The van der Waals surface area contributed by atoms with Gasteiger partial charge < -0.3 is 4.42 Å². The number of sulfonamides is 1. The Bertz CT molecular complexity index is 603. The third kappa shape index (κ3) is 3.46. The summed E-state index contributed by atoms with van der Waals surface area (Å²) in [6, 6.07) is 0.145. The fourth-order valence-electron chi connectivity index (χ4n) is 2.57. The van der Waals surface area contributed by atoms with Crippen molar-refractivity contribution in [2.45, 2.75) is 63.8 Å². The van der Waals surface area contributed by atoms with Crippen LogP contribution in [0.5, 0.6) is 0 Å². The van der Waals surface area contributed by atoms with Crippen LogP contribution in [0.4, 0.5) is 0 Å². The van der Waals surface area contributed by atoms with Crippen molar-refractivity contribution in [2.75, 3.05) is 6.54 Å². The minimum Gasteiger partial charge on any atom is -0.465 e. The number of nitrogens with zero attached hydrogens (tertiary/aromatic N) is 1. The second-order valence-corrected chi connectivity index (χ2v) is 8.28. The molecular formula is C15H24ClNO3S. The standard InChI is InChI=1S/C15H24ClNO3S/c1-10(2)7-8-17(13-5-6-13)21(18,19)15-12(4)20-11(3)14(15)9-16/h10,13H,5-9H2,1-4H3. The Morgan fingerprint density at radius 3 is 2.38 bits per heavy atom. The van der Waals surface area contributed by atoms with E-state index in [1.165, 1.54) is 0 Å². The Hall–Kier alpha value is -0.520. The van der Waals surface area contributed by atoms with Crippen molar-refractivity contribution in [3.63, 3.8) is 0 Å². The lowest BCUT2D eigenvalue weighted by atomic mass is 10.1. The SMILES string of the molecule is Cc1oc(C)c(S(=O)(=O)N(CCC(C)C)C2CC2)c1CCl. The van der Waals surface area contributed by atoms with Gasteiger partial charge in [-0.1, -0.05) is 13.8 Å². The zero-order valence-corrected chi connectivity index (χ0v) is 14.7. The smallest absolute Gasteiger partial charge is 0.247 e. The van der Waals surface area contributed by atoms with Crippen molar-refractivity contribution >= 4 is 21.6 Å². The highest BCUT2D eigenvalue weighted by molar-refractivity contribution is 7.89. The van der Waals surface area contributed by atoms with E-state index >= 15 is 0 Å². The van der Waals surface area contributed by atoms with Crippen molar-refractivity contribution in [1.82, 2.24) is 4.31 Å². The second-order valence-electron chi connectivity index (χ2n) is 6.19. The molecule has 0 spiro atoms. The highest BCUT2D eigenvalue weighted by Crippen LogP contribution is 2.36. The number of alkyl halides is 1. The molecule has 0 atom stereocenters. The minimum atomic E-state index is -3.53. The Labute approximate surface area is 132 Å². The maximum atomic E-state index is 13.0. The molecule has 0 N–H and O–H groups in total. The van der Waals surface area contributed by atoms with Crippen LogP contribution in [0.2, 0.25) is 0 Å². The van der Waals surface area contributed by atoms with Gasteiger partial charge in [0, 0.05) is 18.2 Å². The summed E-state index contributed by atoms with van der Waals surface area (Å²) in [6.07, 6.45) is 2.76. The van der Waals surface area contributed by atoms with Crippen LogP contribution < -0.4 is 0 Å². The van der Waals surface area contributed by atoms with Gasteiger partial charge in [-0.15, -0.1) is 11.6 Å². The van der Waals surface area contributed by atoms with E-state index in [1.807, 2.05) is 0 Å². The first-order chi connectivity index (χ1) is 9.78. The molecule has 1 aromatic heterocycles. The van der Waals surface area contributed by atoms with E-state index in [-0.39, 0.29) is 16.8 Å². The molecule has 0 amide bonds. The lowest BCUT2D eigenvalue weighted by molar-refractivity contribution is 0.372. The van der Waals surface area contributed by atoms with Crippen molar-refractivity contribution in [2.24, 2.45) is 5.92 Å². The van der Waals surface area contributed by atoms with E-state index in [1.54, 1.807) is 18.2 Å². The molecule has 0 saturated heterocycles. The summed E-state index contributed by atoms with van der Waals surface area (Å²) >= 11 is 5.94. The van der Waals surface area contributed by atoms with Crippen molar-refractivity contribution < 1.29 is 12.8 Å². The summed E-state index contributed by atoms with van der Waals surface area (Å²) in [7, 11) is -3.53. The van der Waals surface area contributed by atoms with E-state index in [0.29, 0.717) is 29.5 Å². The first kappa shape index (κ1) is 16.8. The summed E-state index contributed by atoms with van der Waals surface area (Å²) in [5, 5.41) is 0. The molecule has 1 aromatic rings. The van der Waals surface area contributed by atoms with Crippen LogP contribution in [-0.4, -0.2) is 25.3 Å². The topological polar surface area (TPSA) is 50.5 Å². The van der Waals surface area contributed by atoms with Crippen LogP contribution in [0, 0.1) is 19.8 Å².